The molecule has 1 aliphatic carbocycles. The number of alkyl halides is 3. The second kappa shape index (κ2) is 5.19. The van der Waals surface area contributed by atoms with Crippen LogP contribution in [0.15, 0.2) is 0 Å². The molecule has 1 aliphatic heterocycles. The predicted molar refractivity (Wildman–Crippen MR) is 74.5 cm³/mol. The zero-order chi connectivity index (χ0) is 16.1. The van der Waals surface area contributed by atoms with Gasteiger partial charge < -0.3 is 5.11 Å². The van der Waals surface area contributed by atoms with Gasteiger partial charge in [-0.2, -0.15) is 13.2 Å². The summed E-state index contributed by atoms with van der Waals surface area (Å²) in [4.78, 5) is 16.9. The summed E-state index contributed by atoms with van der Waals surface area (Å²) in [6.45, 7) is 3.13. The molecule has 1 saturated carbocycles. The largest absolute Gasteiger partial charge is 0.481 e. The molecular formula is C14H17F3N2O2S. The Morgan fingerprint density at radius 1 is 1.45 bits per heavy atom. The molecule has 1 aromatic rings. The van der Waals surface area contributed by atoms with Crippen molar-refractivity contribution in [3.05, 3.63) is 15.6 Å². The second-order valence-electron chi connectivity index (χ2n) is 6.24. The molecule has 22 heavy (non-hydrogen) atoms. The van der Waals surface area contributed by atoms with E-state index < -0.39 is 17.8 Å². The average molecular weight is 334 g/mol. The lowest BCUT2D eigenvalue weighted by atomic mass is 9.91. The van der Waals surface area contributed by atoms with E-state index in [-0.39, 0.29) is 22.8 Å². The standard InChI is InChI=1S/C14H17F3N2O2S/c1-8-18-11(14(15,16)17)10(22-8)7-19-4-2-13(3-5-19)6-9(13)12(20)21/h9H,2-7H2,1H3,(H,20,21)/t9-/m1/s1. The van der Waals surface area contributed by atoms with Crippen LogP contribution >= 0.6 is 11.3 Å². The fourth-order valence-electron chi connectivity index (χ4n) is 3.41. The zero-order valence-corrected chi connectivity index (χ0v) is 12.9. The van der Waals surface area contributed by atoms with Crippen molar-refractivity contribution in [2.45, 2.75) is 38.9 Å². The van der Waals surface area contributed by atoms with Crippen LogP contribution in [0.2, 0.25) is 0 Å². The molecule has 1 atom stereocenters. The van der Waals surface area contributed by atoms with Crippen molar-refractivity contribution in [1.82, 2.24) is 9.88 Å². The molecule has 2 aliphatic rings. The van der Waals surface area contributed by atoms with Crippen LogP contribution in [0.25, 0.3) is 0 Å². The summed E-state index contributed by atoms with van der Waals surface area (Å²) in [5, 5.41) is 9.48. The van der Waals surface area contributed by atoms with Gasteiger partial charge in [-0.25, -0.2) is 4.98 Å². The number of thiazole rings is 1. The van der Waals surface area contributed by atoms with Crippen molar-refractivity contribution in [3.63, 3.8) is 0 Å². The number of likely N-dealkylation sites (tertiary alicyclic amines) is 1. The minimum atomic E-state index is -4.41. The van der Waals surface area contributed by atoms with Crippen LogP contribution < -0.4 is 0 Å². The summed E-state index contributed by atoms with van der Waals surface area (Å²) in [6, 6.07) is 0. The van der Waals surface area contributed by atoms with E-state index in [1.54, 1.807) is 6.92 Å². The van der Waals surface area contributed by atoms with Crippen LogP contribution in [-0.4, -0.2) is 34.0 Å². The summed E-state index contributed by atoms with van der Waals surface area (Å²) in [7, 11) is 0. The van der Waals surface area contributed by atoms with Crippen molar-refractivity contribution in [1.29, 1.82) is 0 Å². The fraction of sp³-hybridized carbons (Fsp3) is 0.714. The topological polar surface area (TPSA) is 53.4 Å². The molecule has 4 nitrogen and oxygen atoms in total. The predicted octanol–water partition coefficient (Wildman–Crippen LogP) is 3.16. The van der Waals surface area contributed by atoms with Gasteiger partial charge in [-0.15, -0.1) is 11.3 Å². The summed E-state index contributed by atoms with van der Waals surface area (Å²) in [5.41, 5.74) is -0.871. The first-order chi connectivity index (χ1) is 10.2. The number of hydrogen-bond donors (Lipinski definition) is 1. The van der Waals surface area contributed by atoms with Crippen molar-refractivity contribution >= 4 is 17.3 Å². The number of aryl methyl sites for hydroxylation is 1. The summed E-state index contributed by atoms with van der Waals surface area (Å²) < 4.78 is 38.8. The first kappa shape index (κ1) is 15.7. The average Bonchev–Trinajstić information content (AvgIpc) is 2.98. The lowest BCUT2D eigenvalue weighted by Crippen LogP contribution is -2.35. The molecule has 0 unspecified atom stereocenters. The van der Waals surface area contributed by atoms with E-state index in [4.69, 9.17) is 5.11 Å². The number of aromatic nitrogens is 1. The molecule has 8 heteroatoms. The van der Waals surface area contributed by atoms with Gasteiger partial charge in [0.1, 0.15) is 0 Å². The first-order valence-electron chi connectivity index (χ1n) is 7.20. The van der Waals surface area contributed by atoms with Gasteiger partial charge in [0.2, 0.25) is 0 Å². The van der Waals surface area contributed by atoms with Gasteiger partial charge in [0.15, 0.2) is 5.69 Å². The highest BCUT2D eigenvalue weighted by atomic mass is 32.1. The second-order valence-corrected chi connectivity index (χ2v) is 7.52. The maximum atomic E-state index is 12.9. The molecule has 0 radical (unpaired) electrons. The van der Waals surface area contributed by atoms with Crippen molar-refractivity contribution in [2.75, 3.05) is 13.1 Å². The number of halogens is 3. The monoisotopic (exact) mass is 334 g/mol. The van der Waals surface area contributed by atoms with E-state index in [0.717, 1.165) is 24.2 Å². The molecule has 122 valence electrons. The molecule has 1 saturated heterocycles. The number of carbonyl (C=O) groups is 1. The smallest absolute Gasteiger partial charge is 0.434 e. The van der Waals surface area contributed by atoms with E-state index >= 15 is 0 Å². The first-order valence-corrected chi connectivity index (χ1v) is 8.02. The molecule has 1 aromatic heterocycles. The minimum Gasteiger partial charge on any atom is -0.481 e. The molecule has 1 N–H and O–H groups in total. The quantitative estimate of drug-likeness (QED) is 0.922. The van der Waals surface area contributed by atoms with E-state index in [2.05, 4.69) is 4.98 Å². The SMILES string of the molecule is Cc1nc(C(F)(F)F)c(CN2CCC3(CC2)C[C@@H]3C(=O)O)s1. The van der Waals surface area contributed by atoms with Gasteiger partial charge in [-0.1, -0.05) is 0 Å². The Balaban J connectivity index is 1.64. The fourth-order valence-corrected chi connectivity index (χ4v) is 4.41. The third kappa shape index (κ3) is 2.86. The maximum Gasteiger partial charge on any atom is 0.434 e. The number of piperidine rings is 1. The van der Waals surface area contributed by atoms with Crippen LogP contribution in [0.4, 0.5) is 13.2 Å². The normalized spacial score (nSPS) is 24.6. The number of nitrogens with zero attached hydrogens (tertiary/aromatic N) is 2. The lowest BCUT2D eigenvalue weighted by molar-refractivity contribution is -0.142. The van der Waals surface area contributed by atoms with E-state index in [0.29, 0.717) is 24.5 Å². The van der Waals surface area contributed by atoms with E-state index in [1.165, 1.54) is 0 Å². The number of rotatable bonds is 3. The van der Waals surface area contributed by atoms with Crippen molar-refractivity contribution < 1.29 is 23.1 Å². The molecule has 0 amide bonds. The number of aliphatic carboxylic acids is 1. The molecule has 1 spiro atoms. The zero-order valence-electron chi connectivity index (χ0n) is 12.1. The molecular weight excluding hydrogens is 317 g/mol. The summed E-state index contributed by atoms with van der Waals surface area (Å²) in [5.74, 6) is -1.00. The molecule has 0 bridgehead atoms. The molecule has 2 heterocycles. The number of carboxylic acids is 1. The van der Waals surface area contributed by atoms with Gasteiger partial charge in [-0.05, 0) is 44.7 Å². The molecule has 0 aromatic carbocycles. The Hall–Kier alpha value is -1.15. The number of hydrogen-bond acceptors (Lipinski definition) is 4. The van der Waals surface area contributed by atoms with Gasteiger partial charge in [0, 0.05) is 6.54 Å². The van der Waals surface area contributed by atoms with Crippen LogP contribution in [-0.2, 0) is 17.5 Å². The third-order valence-corrected chi connectivity index (χ3v) is 5.74. The van der Waals surface area contributed by atoms with Crippen molar-refractivity contribution in [2.24, 2.45) is 11.3 Å². The van der Waals surface area contributed by atoms with Gasteiger partial charge in [-0.3, -0.25) is 9.69 Å². The Morgan fingerprint density at radius 3 is 2.59 bits per heavy atom. The van der Waals surface area contributed by atoms with E-state index in [1.807, 2.05) is 4.90 Å². The van der Waals surface area contributed by atoms with Gasteiger partial charge >= 0.3 is 12.1 Å². The highest BCUT2D eigenvalue weighted by Gasteiger charge is 2.58. The Labute approximate surface area is 130 Å². The van der Waals surface area contributed by atoms with Crippen LogP contribution in [0.5, 0.6) is 0 Å². The lowest BCUT2D eigenvalue weighted by Gasteiger charge is -2.32. The number of carboxylic acid groups (broad SMARTS) is 1. The van der Waals surface area contributed by atoms with Crippen molar-refractivity contribution in [3.8, 4) is 0 Å². The minimum absolute atomic E-state index is 0.0984. The summed E-state index contributed by atoms with van der Waals surface area (Å²) in [6.07, 6.45) is -2.20. The molecule has 2 fully saturated rings. The van der Waals surface area contributed by atoms with E-state index in [9.17, 15) is 18.0 Å². The Morgan fingerprint density at radius 2 is 2.09 bits per heavy atom. The van der Waals surface area contributed by atoms with Crippen LogP contribution in [0.3, 0.4) is 0 Å². The Bertz CT molecular complexity index is 591. The highest BCUT2D eigenvalue weighted by Crippen LogP contribution is 2.59. The van der Waals surface area contributed by atoms with Gasteiger partial charge in [0.05, 0.1) is 15.8 Å². The summed E-state index contributed by atoms with van der Waals surface area (Å²) >= 11 is 1.09. The maximum absolute atomic E-state index is 12.9. The highest BCUT2D eigenvalue weighted by molar-refractivity contribution is 7.11. The van der Waals surface area contributed by atoms with Gasteiger partial charge in [0.25, 0.3) is 0 Å². The van der Waals surface area contributed by atoms with Crippen LogP contribution in [0.1, 0.15) is 34.8 Å². The van der Waals surface area contributed by atoms with Crippen LogP contribution in [0, 0.1) is 18.3 Å². The molecule has 3 rings (SSSR count). The Kier molecular flexibility index (Phi) is 3.71. The third-order valence-electron chi connectivity index (χ3n) is 4.78.